The molecule has 0 spiro atoms. The number of benzene rings is 1. The molecule has 0 radical (unpaired) electrons. The number of ether oxygens (including phenoxy) is 1. The molecule has 9 heteroatoms. The first kappa shape index (κ1) is 22.3. The van der Waals surface area contributed by atoms with Crippen LogP contribution in [0.4, 0.5) is 4.79 Å². The minimum atomic E-state index is -0.264. The van der Waals surface area contributed by atoms with E-state index in [2.05, 4.69) is 17.2 Å². The third kappa shape index (κ3) is 4.36. The van der Waals surface area contributed by atoms with Crippen molar-refractivity contribution in [3.05, 3.63) is 51.5 Å². The van der Waals surface area contributed by atoms with Gasteiger partial charge in [-0.15, -0.1) is 11.3 Å². The summed E-state index contributed by atoms with van der Waals surface area (Å²) in [5.74, 6) is -0.179. The molecule has 3 aromatic rings. The van der Waals surface area contributed by atoms with E-state index in [1.165, 1.54) is 15.4 Å². The molecule has 2 aliphatic heterocycles. The van der Waals surface area contributed by atoms with E-state index < -0.39 is 0 Å². The number of likely N-dealkylation sites (N-methyl/N-ethyl adjacent to an activating group) is 1. The molecule has 2 aromatic heterocycles. The van der Waals surface area contributed by atoms with Gasteiger partial charge in [0.25, 0.3) is 5.91 Å². The van der Waals surface area contributed by atoms with E-state index in [1.54, 1.807) is 24.6 Å². The second kappa shape index (κ2) is 9.02. The molecule has 1 N–H and O–H groups in total. The molecule has 1 unspecified atom stereocenters. The van der Waals surface area contributed by atoms with Crippen molar-refractivity contribution in [1.82, 2.24) is 20.1 Å². The molecule has 4 heterocycles. The Morgan fingerprint density at radius 2 is 2.12 bits per heavy atom. The summed E-state index contributed by atoms with van der Waals surface area (Å²) in [5.41, 5.74) is 5.31. The van der Waals surface area contributed by atoms with Crippen LogP contribution >= 0.6 is 22.9 Å². The second-order valence-corrected chi connectivity index (χ2v) is 10.1. The highest BCUT2D eigenvalue weighted by Crippen LogP contribution is 2.38. The number of urea groups is 1. The summed E-state index contributed by atoms with van der Waals surface area (Å²) in [7, 11) is 1.64. The third-order valence-electron chi connectivity index (χ3n) is 6.17. The van der Waals surface area contributed by atoms with Gasteiger partial charge in [-0.1, -0.05) is 11.6 Å². The Morgan fingerprint density at radius 3 is 2.85 bits per heavy atom. The van der Waals surface area contributed by atoms with Crippen LogP contribution in [0.15, 0.2) is 30.5 Å². The first-order valence-electron chi connectivity index (χ1n) is 11.0. The summed E-state index contributed by atoms with van der Waals surface area (Å²) in [6.45, 7) is 4.87. The molecule has 172 valence electrons. The zero-order valence-corrected chi connectivity index (χ0v) is 20.1. The summed E-state index contributed by atoms with van der Waals surface area (Å²) in [6.07, 6.45) is 2.70. The highest BCUT2D eigenvalue weighted by molar-refractivity contribution is 7.19. The van der Waals surface area contributed by atoms with Crippen LogP contribution in [0.2, 0.25) is 5.02 Å². The van der Waals surface area contributed by atoms with Gasteiger partial charge < -0.3 is 15.0 Å². The number of hydrogen-bond acceptors (Lipinski definition) is 6. The van der Waals surface area contributed by atoms with Gasteiger partial charge in [-0.05, 0) is 47.9 Å². The molecule has 0 aliphatic carbocycles. The Morgan fingerprint density at radius 1 is 1.27 bits per heavy atom. The van der Waals surface area contributed by atoms with Crippen LogP contribution in [0.5, 0.6) is 0 Å². The molecule has 5 rings (SSSR count). The molecular weight excluding hydrogens is 460 g/mol. The van der Waals surface area contributed by atoms with Gasteiger partial charge in [0.05, 0.1) is 29.5 Å². The number of fused-ring (bicyclic) bond motifs is 1. The van der Waals surface area contributed by atoms with Crippen molar-refractivity contribution >= 4 is 45.1 Å². The second-order valence-electron chi connectivity index (χ2n) is 8.55. The van der Waals surface area contributed by atoms with Gasteiger partial charge in [0.2, 0.25) is 0 Å². The maximum Gasteiger partial charge on any atom is 0.327 e. The van der Waals surface area contributed by atoms with Crippen LogP contribution in [-0.4, -0.2) is 66.1 Å². The largest absolute Gasteiger partial charge is 0.375 e. The van der Waals surface area contributed by atoms with E-state index in [9.17, 15) is 9.59 Å². The van der Waals surface area contributed by atoms with E-state index >= 15 is 0 Å². The minimum absolute atomic E-state index is 0.109. The Balaban J connectivity index is 1.54. The van der Waals surface area contributed by atoms with Crippen molar-refractivity contribution in [2.24, 2.45) is 0 Å². The summed E-state index contributed by atoms with van der Waals surface area (Å²) in [5, 5.41) is 4.09. The molecule has 33 heavy (non-hydrogen) atoms. The van der Waals surface area contributed by atoms with Crippen LogP contribution in [0, 0.1) is 6.92 Å². The van der Waals surface area contributed by atoms with Crippen molar-refractivity contribution in [3.8, 4) is 11.1 Å². The number of aromatic nitrogens is 1. The standard InChI is InChI=1S/C24H25ClN4O3S/c1-14-7-15(25)8-20(19(14)9-16-11-26-5-6-32-16)18-3-4-27-21-10-17(33-23(18)21)12-29-22(30)13-28(2)24(29)31/h3-4,7-8,10,16,26H,5-6,9,11-13H2,1-2H3. The zero-order valence-electron chi connectivity index (χ0n) is 18.6. The van der Waals surface area contributed by atoms with E-state index in [4.69, 9.17) is 16.3 Å². The molecule has 2 aliphatic rings. The summed E-state index contributed by atoms with van der Waals surface area (Å²) >= 11 is 8.05. The van der Waals surface area contributed by atoms with Crippen molar-refractivity contribution in [1.29, 1.82) is 0 Å². The smallest absolute Gasteiger partial charge is 0.327 e. The number of rotatable bonds is 5. The molecular formula is C24H25ClN4O3S. The molecule has 0 bridgehead atoms. The number of morpholine rings is 1. The van der Waals surface area contributed by atoms with Crippen LogP contribution in [0.3, 0.4) is 0 Å². The summed E-state index contributed by atoms with van der Waals surface area (Å²) in [4.78, 5) is 32.8. The topological polar surface area (TPSA) is 74.8 Å². The van der Waals surface area contributed by atoms with Gasteiger partial charge in [0, 0.05) is 48.2 Å². The van der Waals surface area contributed by atoms with Crippen molar-refractivity contribution in [3.63, 3.8) is 0 Å². The highest BCUT2D eigenvalue weighted by atomic mass is 35.5. The zero-order chi connectivity index (χ0) is 23.1. The number of halogens is 1. The minimum Gasteiger partial charge on any atom is -0.375 e. The van der Waals surface area contributed by atoms with Gasteiger partial charge in [-0.2, -0.15) is 0 Å². The fraction of sp³-hybridized carbons (Fsp3) is 0.375. The van der Waals surface area contributed by atoms with Crippen LogP contribution in [0.25, 0.3) is 21.3 Å². The first-order valence-corrected chi connectivity index (χ1v) is 12.1. The van der Waals surface area contributed by atoms with Gasteiger partial charge in [0.15, 0.2) is 0 Å². The molecule has 1 aromatic carbocycles. The van der Waals surface area contributed by atoms with E-state index in [0.717, 1.165) is 51.3 Å². The molecule has 2 fully saturated rings. The van der Waals surface area contributed by atoms with Gasteiger partial charge >= 0.3 is 6.03 Å². The van der Waals surface area contributed by atoms with Crippen molar-refractivity contribution in [2.45, 2.75) is 26.0 Å². The number of aryl methyl sites for hydroxylation is 1. The molecule has 0 saturated carbocycles. The van der Waals surface area contributed by atoms with Crippen molar-refractivity contribution < 1.29 is 14.3 Å². The number of amides is 3. The van der Waals surface area contributed by atoms with Crippen LogP contribution < -0.4 is 5.32 Å². The average Bonchev–Trinajstić information content (AvgIpc) is 3.31. The lowest BCUT2D eigenvalue weighted by Crippen LogP contribution is -2.39. The van der Waals surface area contributed by atoms with Crippen LogP contribution in [-0.2, 0) is 22.5 Å². The monoisotopic (exact) mass is 484 g/mol. The molecule has 1 atom stereocenters. The predicted molar refractivity (Wildman–Crippen MR) is 130 cm³/mol. The predicted octanol–water partition coefficient (Wildman–Crippen LogP) is 3.85. The maximum atomic E-state index is 12.3. The van der Waals surface area contributed by atoms with Crippen molar-refractivity contribution in [2.75, 3.05) is 33.3 Å². The first-order chi connectivity index (χ1) is 15.9. The average molecular weight is 485 g/mol. The quantitative estimate of drug-likeness (QED) is 0.557. The normalized spacial score (nSPS) is 19.2. The number of nitrogens with one attached hydrogen (secondary N) is 1. The Hall–Kier alpha value is -2.52. The van der Waals surface area contributed by atoms with Gasteiger partial charge in [-0.3, -0.25) is 14.7 Å². The lowest BCUT2D eigenvalue weighted by Gasteiger charge is -2.25. The fourth-order valence-corrected chi connectivity index (χ4v) is 5.92. The molecule has 2 saturated heterocycles. The Bertz CT molecular complexity index is 1240. The Labute approximate surface area is 201 Å². The van der Waals surface area contributed by atoms with E-state index in [-0.39, 0.29) is 31.1 Å². The van der Waals surface area contributed by atoms with Crippen LogP contribution in [0.1, 0.15) is 16.0 Å². The third-order valence-corrected chi connectivity index (χ3v) is 7.53. The Kier molecular flexibility index (Phi) is 6.09. The number of thiophene rings is 1. The molecule has 3 amide bonds. The van der Waals surface area contributed by atoms with Gasteiger partial charge in [0.1, 0.15) is 6.54 Å². The fourth-order valence-electron chi connectivity index (χ4n) is 4.52. The SMILES string of the molecule is Cc1cc(Cl)cc(-c2ccnc3cc(CN4C(=O)CN(C)C4=O)sc23)c1CC1CNCCO1. The number of hydrogen-bond donors (Lipinski definition) is 1. The van der Waals surface area contributed by atoms with E-state index in [1.807, 2.05) is 24.3 Å². The van der Waals surface area contributed by atoms with E-state index in [0.29, 0.717) is 11.6 Å². The number of nitrogens with zero attached hydrogens (tertiary/aromatic N) is 3. The summed E-state index contributed by atoms with van der Waals surface area (Å²) in [6, 6.07) is 7.72. The lowest BCUT2D eigenvalue weighted by molar-refractivity contribution is -0.125. The summed E-state index contributed by atoms with van der Waals surface area (Å²) < 4.78 is 6.99. The number of pyridine rings is 1. The number of carbonyl (C=O) groups excluding carboxylic acids is 2. The highest BCUT2D eigenvalue weighted by Gasteiger charge is 2.33. The number of carbonyl (C=O) groups is 2. The number of imide groups is 1. The van der Waals surface area contributed by atoms with Gasteiger partial charge in [-0.25, -0.2) is 4.79 Å². The lowest BCUT2D eigenvalue weighted by atomic mass is 9.92. The maximum absolute atomic E-state index is 12.3. The molecule has 7 nitrogen and oxygen atoms in total.